The van der Waals surface area contributed by atoms with Crippen molar-refractivity contribution < 1.29 is 0 Å². The van der Waals surface area contributed by atoms with Crippen molar-refractivity contribution in [3.63, 3.8) is 0 Å². The van der Waals surface area contributed by atoms with Crippen molar-refractivity contribution in [1.29, 1.82) is 0 Å². The normalized spacial score (nSPS) is 19.8. The molecule has 1 aromatic carbocycles. The molecule has 0 saturated carbocycles. The molecule has 2 nitrogen and oxygen atoms in total. The molecule has 1 heterocycles. The Labute approximate surface area is 129 Å². The summed E-state index contributed by atoms with van der Waals surface area (Å²) in [5.74, 6) is 0. The second-order valence-electron chi connectivity index (χ2n) is 4.56. The van der Waals surface area contributed by atoms with E-state index in [1.165, 1.54) is 24.9 Å². The summed E-state index contributed by atoms with van der Waals surface area (Å²) in [7, 11) is 2.02. The largest absolute Gasteiger partial charge is 0.318 e. The monoisotopic (exact) mass is 352 g/mol. The predicted molar refractivity (Wildman–Crippen MR) is 83.8 cm³/mol. The van der Waals surface area contributed by atoms with Crippen LogP contribution in [0.25, 0.3) is 0 Å². The number of nitrogens with one attached hydrogen (secondary N) is 1. The Kier molecular flexibility index (Phi) is 6.96. The highest BCUT2D eigenvalue weighted by molar-refractivity contribution is 9.10. The molecule has 18 heavy (non-hydrogen) atoms. The van der Waals surface area contributed by atoms with Crippen molar-refractivity contribution in [2.24, 2.45) is 0 Å². The van der Waals surface area contributed by atoms with Gasteiger partial charge in [-0.25, -0.2) is 0 Å². The predicted octanol–water partition coefficient (Wildman–Crippen LogP) is 3.71. The van der Waals surface area contributed by atoms with E-state index in [-0.39, 0.29) is 12.4 Å². The zero-order valence-electron chi connectivity index (χ0n) is 10.5. The first kappa shape index (κ1) is 16.3. The molecule has 1 aliphatic heterocycles. The first-order valence-electron chi connectivity index (χ1n) is 6.03. The highest BCUT2D eigenvalue weighted by Crippen LogP contribution is 2.25. The third-order valence-corrected chi connectivity index (χ3v) is 4.18. The molecule has 0 aromatic heterocycles. The number of halogens is 3. The summed E-state index contributed by atoms with van der Waals surface area (Å²) in [6.45, 7) is 3.19. The number of likely N-dealkylation sites (tertiary alicyclic amines) is 1. The fourth-order valence-electron chi connectivity index (χ4n) is 2.45. The molecule has 0 spiro atoms. The Bertz CT molecular complexity index is 387. The van der Waals surface area contributed by atoms with Gasteiger partial charge in [-0.05, 0) is 50.2 Å². The van der Waals surface area contributed by atoms with Crippen LogP contribution in [0.1, 0.15) is 18.4 Å². The molecule has 0 bridgehead atoms. The number of rotatable bonds is 4. The minimum absolute atomic E-state index is 0. The Morgan fingerprint density at radius 3 is 3.00 bits per heavy atom. The summed E-state index contributed by atoms with van der Waals surface area (Å²) < 4.78 is 1.10. The van der Waals surface area contributed by atoms with E-state index in [0.717, 1.165) is 22.6 Å². The molecule has 5 heteroatoms. The second-order valence-corrected chi connectivity index (χ2v) is 5.88. The van der Waals surface area contributed by atoms with Crippen LogP contribution in [0, 0.1) is 0 Å². The van der Waals surface area contributed by atoms with Crippen molar-refractivity contribution in [2.45, 2.75) is 25.4 Å². The summed E-state index contributed by atoms with van der Waals surface area (Å²) >= 11 is 9.74. The van der Waals surface area contributed by atoms with E-state index in [9.17, 15) is 0 Å². The molecular formula is C13H19BrCl2N2. The van der Waals surface area contributed by atoms with Gasteiger partial charge in [0, 0.05) is 28.6 Å². The van der Waals surface area contributed by atoms with Crippen molar-refractivity contribution >= 4 is 39.9 Å². The topological polar surface area (TPSA) is 15.3 Å². The summed E-state index contributed by atoms with van der Waals surface area (Å²) in [6, 6.07) is 6.72. The van der Waals surface area contributed by atoms with Gasteiger partial charge in [0.25, 0.3) is 0 Å². The third kappa shape index (κ3) is 4.10. The molecule has 1 N–H and O–H groups in total. The van der Waals surface area contributed by atoms with Gasteiger partial charge in [-0.15, -0.1) is 12.4 Å². The fraction of sp³-hybridized carbons (Fsp3) is 0.538. The summed E-state index contributed by atoms with van der Waals surface area (Å²) in [5, 5.41) is 4.13. The number of likely N-dealkylation sites (N-methyl/N-ethyl adjacent to an activating group) is 1. The van der Waals surface area contributed by atoms with Crippen LogP contribution in [0.4, 0.5) is 0 Å². The van der Waals surface area contributed by atoms with E-state index in [4.69, 9.17) is 11.6 Å². The average molecular weight is 354 g/mol. The zero-order valence-corrected chi connectivity index (χ0v) is 13.6. The van der Waals surface area contributed by atoms with Gasteiger partial charge in [0.1, 0.15) is 0 Å². The molecule has 1 atom stereocenters. The molecule has 2 rings (SSSR count). The van der Waals surface area contributed by atoms with Crippen LogP contribution in [0.3, 0.4) is 0 Å². The van der Waals surface area contributed by atoms with Crippen molar-refractivity contribution in [3.8, 4) is 0 Å². The Balaban J connectivity index is 0.00000162. The SMILES string of the molecule is CNCC1CCCN1Cc1cc(Br)ccc1Cl.Cl. The molecule has 102 valence electrons. The van der Waals surface area contributed by atoms with E-state index in [2.05, 4.69) is 32.2 Å². The first-order valence-corrected chi connectivity index (χ1v) is 7.20. The minimum atomic E-state index is 0. The van der Waals surface area contributed by atoms with Crippen molar-refractivity contribution in [2.75, 3.05) is 20.1 Å². The van der Waals surface area contributed by atoms with Crippen LogP contribution in [-0.2, 0) is 6.54 Å². The molecule has 1 aliphatic rings. The van der Waals surface area contributed by atoms with Gasteiger partial charge in [0.05, 0.1) is 0 Å². The summed E-state index contributed by atoms with van der Waals surface area (Å²) in [6.07, 6.45) is 2.57. The number of hydrogen-bond acceptors (Lipinski definition) is 2. The molecule has 1 aromatic rings. The van der Waals surface area contributed by atoms with E-state index in [1.54, 1.807) is 0 Å². The number of nitrogens with zero attached hydrogens (tertiary/aromatic N) is 1. The van der Waals surface area contributed by atoms with Gasteiger partial charge < -0.3 is 5.32 Å². The van der Waals surface area contributed by atoms with Crippen LogP contribution < -0.4 is 5.32 Å². The maximum atomic E-state index is 6.24. The fourth-order valence-corrected chi connectivity index (χ4v) is 3.04. The highest BCUT2D eigenvalue weighted by Gasteiger charge is 2.24. The van der Waals surface area contributed by atoms with Crippen LogP contribution >= 0.6 is 39.9 Å². The standard InChI is InChI=1S/C13H18BrClN2.ClH/c1-16-8-12-3-2-6-17(12)9-10-7-11(14)4-5-13(10)15;/h4-5,7,12,16H,2-3,6,8-9H2,1H3;1H. The maximum absolute atomic E-state index is 6.24. The molecule has 0 radical (unpaired) electrons. The Hall–Kier alpha value is 0.200. The van der Waals surface area contributed by atoms with Gasteiger partial charge in [0.15, 0.2) is 0 Å². The van der Waals surface area contributed by atoms with Crippen molar-refractivity contribution in [3.05, 3.63) is 33.3 Å². The highest BCUT2D eigenvalue weighted by atomic mass is 79.9. The Morgan fingerprint density at radius 1 is 1.50 bits per heavy atom. The van der Waals surface area contributed by atoms with Gasteiger partial charge in [-0.1, -0.05) is 27.5 Å². The first-order chi connectivity index (χ1) is 8.20. The van der Waals surface area contributed by atoms with Crippen LogP contribution in [-0.4, -0.2) is 31.1 Å². The quantitative estimate of drug-likeness (QED) is 0.887. The number of benzene rings is 1. The molecule has 0 aliphatic carbocycles. The van der Waals surface area contributed by atoms with Crippen LogP contribution in [0.5, 0.6) is 0 Å². The molecule has 1 fully saturated rings. The van der Waals surface area contributed by atoms with E-state index < -0.39 is 0 Å². The van der Waals surface area contributed by atoms with Crippen LogP contribution in [0.2, 0.25) is 5.02 Å². The van der Waals surface area contributed by atoms with E-state index in [1.807, 2.05) is 19.2 Å². The summed E-state index contributed by atoms with van der Waals surface area (Å²) in [5.41, 5.74) is 1.21. The molecule has 1 unspecified atom stereocenters. The lowest BCUT2D eigenvalue weighted by Gasteiger charge is -2.24. The maximum Gasteiger partial charge on any atom is 0.0451 e. The second kappa shape index (κ2) is 7.71. The lowest BCUT2D eigenvalue weighted by molar-refractivity contribution is 0.242. The van der Waals surface area contributed by atoms with E-state index >= 15 is 0 Å². The number of hydrogen-bond donors (Lipinski definition) is 1. The third-order valence-electron chi connectivity index (χ3n) is 3.32. The smallest absolute Gasteiger partial charge is 0.0451 e. The Morgan fingerprint density at radius 2 is 2.28 bits per heavy atom. The average Bonchev–Trinajstić information content (AvgIpc) is 2.72. The molecule has 0 amide bonds. The van der Waals surface area contributed by atoms with E-state index in [0.29, 0.717) is 6.04 Å². The van der Waals surface area contributed by atoms with Gasteiger partial charge in [0.2, 0.25) is 0 Å². The summed E-state index contributed by atoms with van der Waals surface area (Å²) in [4.78, 5) is 2.52. The van der Waals surface area contributed by atoms with Gasteiger partial charge in [-0.3, -0.25) is 4.90 Å². The van der Waals surface area contributed by atoms with Crippen molar-refractivity contribution in [1.82, 2.24) is 10.2 Å². The molecular weight excluding hydrogens is 335 g/mol. The minimum Gasteiger partial charge on any atom is -0.318 e. The lowest BCUT2D eigenvalue weighted by atomic mass is 10.2. The van der Waals surface area contributed by atoms with Gasteiger partial charge >= 0.3 is 0 Å². The van der Waals surface area contributed by atoms with Crippen LogP contribution in [0.15, 0.2) is 22.7 Å². The lowest BCUT2D eigenvalue weighted by Crippen LogP contribution is -2.36. The van der Waals surface area contributed by atoms with Gasteiger partial charge in [-0.2, -0.15) is 0 Å². The molecule has 1 saturated heterocycles. The zero-order chi connectivity index (χ0) is 12.3.